The van der Waals surface area contributed by atoms with Gasteiger partial charge >= 0.3 is 0 Å². The Balaban J connectivity index is 0.000000101. The van der Waals surface area contributed by atoms with Crippen LogP contribution in [0.2, 0.25) is 0 Å². The molecule has 26 rings (SSSR count). The highest BCUT2D eigenvalue weighted by atomic mass is 32.1. The molecule has 0 amide bonds. The lowest BCUT2D eigenvalue weighted by Crippen LogP contribution is -2.78. The van der Waals surface area contributed by atoms with Gasteiger partial charge in [-0.25, -0.2) is 4.98 Å². The molecule has 7 heterocycles. The van der Waals surface area contributed by atoms with Crippen LogP contribution in [0.25, 0.3) is 141 Å². The largest absolute Gasteiger partial charge is 0.309 e. The van der Waals surface area contributed by atoms with Crippen LogP contribution in [0.4, 0.5) is 0 Å². The molecule has 0 aliphatic rings. The van der Waals surface area contributed by atoms with Crippen molar-refractivity contribution in [3.8, 4) is 17.2 Å². The molecular weight excluding hydrogens is 1650 g/mol. The Labute approximate surface area is 774 Å². The van der Waals surface area contributed by atoms with Crippen LogP contribution in [0.1, 0.15) is 27.8 Å². The molecule has 19 aromatic carbocycles. The molecule has 0 spiro atoms. The first-order chi connectivity index (χ1) is 65.1. The maximum Gasteiger partial charge on any atom is 0.179 e. The van der Waals surface area contributed by atoms with Gasteiger partial charge in [0.15, 0.2) is 22.0 Å². The highest BCUT2D eigenvalue weighted by Crippen LogP contribution is 2.43. The summed E-state index contributed by atoms with van der Waals surface area (Å²) in [6.07, 6.45) is 1.94. The minimum atomic E-state index is -2.72. The second-order valence-corrected chi connectivity index (χ2v) is 43.4. The average molecular weight is 1740 g/mol. The second kappa shape index (κ2) is 35.0. The first kappa shape index (κ1) is 81.9. The number of aryl methyl sites for hydroxylation is 5. The lowest BCUT2D eigenvalue weighted by molar-refractivity contribution is 1.10. The Morgan fingerprint density at radius 3 is 0.917 bits per heavy atom. The van der Waals surface area contributed by atoms with Crippen molar-refractivity contribution in [2.75, 3.05) is 0 Å². The van der Waals surface area contributed by atoms with Crippen LogP contribution >= 0.6 is 11.3 Å². The zero-order valence-electron chi connectivity index (χ0n) is 74.3. The molecule has 132 heavy (non-hydrogen) atoms. The molecule has 26 aromatic rings. The number of benzene rings is 19. The molecule has 630 valence electrons. The highest BCUT2D eigenvalue weighted by molar-refractivity contribution is 7.26. The van der Waals surface area contributed by atoms with Crippen molar-refractivity contribution in [1.82, 2.24) is 23.1 Å². The number of rotatable bonds is 11. The fourth-order valence-electron chi connectivity index (χ4n) is 21.0. The monoisotopic (exact) mass is 1740 g/mol. The Morgan fingerprint density at radius 2 is 0.500 bits per heavy atom. The van der Waals surface area contributed by atoms with Crippen molar-refractivity contribution in [1.29, 1.82) is 0 Å². The van der Waals surface area contributed by atoms with Gasteiger partial charge in [-0.3, -0.25) is 4.57 Å². The molecule has 0 N–H and O–H groups in total. The summed E-state index contributed by atoms with van der Waals surface area (Å²) in [4.78, 5) is 4.84. The Kier molecular flexibility index (Phi) is 21.7. The first-order valence-corrected chi connectivity index (χ1v) is 50.4. The summed E-state index contributed by atoms with van der Waals surface area (Å²) in [5.41, 5.74) is 20.3. The maximum atomic E-state index is 4.84. The van der Waals surface area contributed by atoms with Gasteiger partial charge in [-0.15, -0.1) is 11.3 Å². The van der Waals surface area contributed by atoms with Gasteiger partial charge in [-0.2, -0.15) is 0 Å². The molecule has 5 nitrogen and oxygen atoms in total. The van der Waals surface area contributed by atoms with E-state index in [0.29, 0.717) is 0 Å². The van der Waals surface area contributed by atoms with Crippen LogP contribution in [0.5, 0.6) is 0 Å². The van der Waals surface area contributed by atoms with Crippen molar-refractivity contribution >= 4 is 193 Å². The van der Waals surface area contributed by atoms with Crippen molar-refractivity contribution in [2.24, 2.45) is 0 Å². The number of fused-ring (bicyclic) bond motifs is 18. The molecule has 8 heteroatoms. The molecule has 7 aromatic heterocycles. The Hall–Kier alpha value is -15.8. The van der Waals surface area contributed by atoms with E-state index >= 15 is 0 Å². The number of pyridine rings is 1. The van der Waals surface area contributed by atoms with Crippen LogP contribution < -0.4 is 41.5 Å². The van der Waals surface area contributed by atoms with E-state index < -0.39 is 16.1 Å². The van der Waals surface area contributed by atoms with E-state index in [1.807, 2.05) is 17.5 Å². The van der Waals surface area contributed by atoms with Crippen LogP contribution in [-0.4, -0.2) is 39.2 Å². The molecule has 0 unspecified atom stereocenters. The number of hydrogen-bond donors (Lipinski definition) is 0. The van der Waals surface area contributed by atoms with E-state index in [1.54, 1.807) is 0 Å². The first-order valence-electron chi connectivity index (χ1n) is 45.5. The van der Waals surface area contributed by atoms with E-state index in [2.05, 4.69) is 532 Å². The van der Waals surface area contributed by atoms with Gasteiger partial charge in [0, 0.05) is 86.9 Å². The Morgan fingerprint density at radius 1 is 0.197 bits per heavy atom. The summed E-state index contributed by atoms with van der Waals surface area (Å²) in [5, 5.41) is 27.0. The molecule has 0 saturated heterocycles. The number of aromatic nitrogens is 5. The fraction of sp³-hybridized carbons (Fsp3) is 0.0403. The SMILES string of the molecule is Cc1cc([Si](c2ccccc2)(c2ccccc2)c2ccccc2)cc([Si](c2ccccc2)(c2ccccc2)c2ccccc2)c1.Cc1cc2c3ccccc3n3c4ccccc4c(c1)c23.Cc1ccc2c(c1)c1ccccc1n2-c1ccccc1.Cc1ccc2c(c1)c1ccccc1n2-c1nccc2c1sc1ccccc12.Cc1cccc(-n2c3ccccc3c3ccccc32)c1. The normalized spacial score (nSPS) is 11.7. The quantitative estimate of drug-likeness (QED) is 0.0938. The molecule has 0 bridgehead atoms. The van der Waals surface area contributed by atoms with Crippen LogP contribution in [0.15, 0.2) is 485 Å². The molecule has 0 fully saturated rings. The summed E-state index contributed by atoms with van der Waals surface area (Å²) < 4.78 is 12.0. The number of thiophene rings is 1. The lowest BCUT2D eigenvalue weighted by Gasteiger charge is -2.38. The van der Waals surface area contributed by atoms with Gasteiger partial charge in [0.25, 0.3) is 0 Å². The predicted molar refractivity (Wildman–Crippen MR) is 571 cm³/mol. The van der Waals surface area contributed by atoms with Gasteiger partial charge in [-0.1, -0.05) is 387 Å². The van der Waals surface area contributed by atoms with E-state index in [4.69, 9.17) is 4.98 Å². The van der Waals surface area contributed by atoms with Crippen molar-refractivity contribution < 1.29 is 0 Å². The third kappa shape index (κ3) is 14.4. The van der Waals surface area contributed by atoms with Crippen LogP contribution in [-0.2, 0) is 0 Å². The fourth-order valence-corrected chi connectivity index (χ4v) is 32.1. The zero-order chi connectivity index (χ0) is 88.8. The molecule has 0 aliphatic heterocycles. The molecule has 0 aliphatic carbocycles. The van der Waals surface area contributed by atoms with Gasteiger partial charge in [0.2, 0.25) is 0 Å². The van der Waals surface area contributed by atoms with Gasteiger partial charge in [0.05, 0.1) is 54.4 Å². The Bertz CT molecular complexity index is 8230. The van der Waals surface area contributed by atoms with Gasteiger partial charge in [0.1, 0.15) is 0 Å². The maximum absolute atomic E-state index is 4.84. The highest BCUT2D eigenvalue weighted by Gasteiger charge is 2.46. The third-order valence-corrected chi connectivity index (χ3v) is 37.2. The topological polar surface area (TPSA) is 32.1 Å². The lowest BCUT2D eigenvalue weighted by atomic mass is 10.1. The molecule has 0 saturated carbocycles. The van der Waals surface area contributed by atoms with Crippen molar-refractivity contribution in [3.63, 3.8) is 0 Å². The van der Waals surface area contributed by atoms with E-state index in [-0.39, 0.29) is 0 Å². The molecular formula is C124H95N5SSi2. The minimum Gasteiger partial charge on any atom is -0.309 e. The smallest absolute Gasteiger partial charge is 0.179 e. The van der Waals surface area contributed by atoms with E-state index in [0.717, 1.165) is 5.82 Å². The predicted octanol–water partition coefficient (Wildman–Crippen LogP) is 26.9. The number of para-hydroxylation sites is 7. The summed E-state index contributed by atoms with van der Waals surface area (Å²) in [6.45, 7) is 10.9. The van der Waals surface area contributed by atoms with Gasteiger partial charge < -0.3 is 13.5 Å². The summed E-state index contributed by atoms with van der Waals surface area (Å²) in [5.74, 6) is 1.02. The summed E-state index contributed by atoms with van der Waals surface area (Å²) in [6, 6.07) is 175. The van der Waals surface area contributed by atoms with E-state index in [9.17, 15) is 0 Å². The number of hydrogen-bond acceptors (Lipinski definition) is 2. The zero-order valence-corrected chi connectivity index (χ0v) is 77.1. The summed E-state index contributed by atoms with van der Waals surface area (Å²) >= 11 is 1.82. The molecule has 0 radical (unpaired) electrons. The minimum absolute atomic E-state index is 1.02. The van der Waals surface area contributed by atoms with E-state index in [1.165, 1.54) is 204 Å². The third-order valence-electron chi connectivity index (χ3n) is 26.5. The standard InChI is InChI=1S/C43H36Si2.C24H16N2S.C19H13N.2C19H15N/c1-35-32-42(44(36-20-8-2-9-21-36,37-22-10-3-11-23-37)38-24-12-4-13-25-38)34-43(33-35)45(39-26-14-5-15-27-39,40-28-16-6-17-29-40)41-30-18-7-19-31-41;1-15-10-11-21-19(14-15)16-6-2-4-8-20(16)26(21)24-23-18(12-13-25-24)17-7-3-5-9-22(17)27-23;1-12-10-15-13-6-2-4-8-17(13)20-18-9-5-3-7-14(18)16(11-12)19(15)20;1-14-7-6-8-15(13-14)20-18-11-4-2-9-16(18)17-10-3-5-12-19(17)20;1-14-11-12-19-17(13-14)16-9-5-6-10-18(16)20(19)15-7-3-2-4-8-15/h2-34H,1H3;2-14H,1H3;2-11H,1H3;2*2-13H,1H3. The molecule has 0 atom stereocenters. The van der Waals surface area contributed by atoms with Crippen LogP contribution in [0, 0.1) is 34.6 Å². The average Bonchev–Trinajstić information content (AvgIpc) is 1.08. The second-order valence-electron chi connectivity index (χ2n) is 34.8. The summed E-state index contributed by atoms with van der Waals surface area (Å²) in [7, 11) is -5.44. The van der Waals surface area contributed by atoms with Crippen LogP contribution in [0.3, 0.4) is 0 Å². The van der Waals surface area contributed by atoms with Crippen molar-refractivity contribution in [2.45, 2.75) is 34.6 Å². The van der Waals surface area contributed by atoms with Crippen molar-refractivity contribution in [3.05, 3.63) is 513 Å². The van der Waals surface area contributed by atoms with Gasteiger partial charge in [-0.05, 0) is 196 Å². The number of nitrogens with zero attached hydrogens (tertiary/aromatic N) is 5.